The van der Waals surface area contributed by atoms with Crippen LogP contribution in [-0.4, -0.2) is 11.0 Å². The molecule has 20 heavy (non-hydrogen) atoms. The SMILES string of the molecule is C=C(CC)C(=O)Oc1cccc2c1[nH]c1ccccc12. The maximum absolute atomic E-state index is 11.9. The molecule has 3 heteroatoms. The molecule has 100 valence electrons. The number of para-hydroxylation sites is 2. The molecule has 1 N–H and O–H groups in total. The van der Waals surface area contributed by atoms with Crippen LogP contribution in [0.2, 0.25) is 0 Å². The lowest BCUT2D eigenvalue weighted by Gasteiger charge is -2.06. The van der Waals surface area contributed by atoms with E-state index in [4.69, 9.17) is 4.74 Å². The Hall–Kier alpha value is -2.55. The molecule has 0 fully saturated rings. The Morgan fingerprint density at radius 2 is 1.90 bits per heavy atom. The number of esters is 1. The summed E-state index contributed by atoms with van der Waals surface area (Å²) in [6, 6.07) is 13.7. The van der Waals surface area contributed by atoms with E-state index in [0.29, 0.717) is 17.7 Å². The van der Waals surface area contributed by atoms with Gasteiger partial charge in [0.15, 0.2) is 5.75 Å². The van der Waals surface area contributed by atoms with E-state index >= 15 is 0 Å². The minimum absolute atomic E-state index is 0.376. The van der Waals surface area contributed by atoms with Crippen LogP contribution in [0.3, 0.4) is 0 Å². The van der Waals surface area contributed by atoms with Crippen LogP contribution in [0.1, 0.15) is 13.3 Å². The Labute approximate surface area is 116 Å². The van der Waals surface area contributed by atoms with E-state index in [1.165, 1.54) is 0 Å². The third-order valence-corrected chi connectivity index (χ3v) is 3.42. The minimum Gasteiger partial charge on any atom is -0.421 e. The Morgan fingerprint density at radius 3 is 2.70 bits per heavy atom. The second-order valence-electron chi connectivity index (χ2n) is 4.70. The van der Waals surface area contributed by atoms with E-state index in [1.807, 2.05) is 43.3 Å². The third-order valence-electron chi connectivity index (χ3n) is 3.42. The molecule has 3 nitrogen and oxygen atoms in total. The molecule has 1 heterocycles. The molecule has 0 aliphatic rings. The molecule has 3 aromatic rings. The van der Waals surface area contributed by atoms with E-state index in [-0.39, 0.29) is 5.97 Å². The number of fused-ring (bicyclic) bond motifs is 3. The number of hydrogen-bond acceptors (Lipinski definition) is 2. The van der Waals surface area contributed by atoms with Crippen molar-refractivity contribution >= 4 is 27.8 Å². The van der Waals surface area contributed by atoms with E-state index in [9.17, 15) is 4.79 Å². The number of H-pyrrole nitrogens is 1. The van der Waals surface area contributed by atoms with Crippen molar-refractivity contribution in [2.24, 2.45) is 0 Å². The van der Waals surface area contributed by atoms with Crippen LogP contribution in [0, 0.1) is 0 Å². The molecule has 3 rings (SSSR count). The number of aromatic nitrogens is 1. The van der Waals surface area contributed by atoms with Gasteiger partial charge < -0.3 is 9.72 Å². The zero-order valence-electron chi connectivity index (χ0n) is 11.3. The summed E-state index contributed by atoms with van der Waals surface area (Å²) in [7, 11) is 0. The van der Waals surface area contributed by atoms with Crippen LogP contribution in [-0.2, 0) is 4.79 Å². The summed E-state index contributed by atoms with van der Waals surface area (Å²) < 4.78 is 5.44. The fraction of sp³-hybridized carbons (Fsp3) is 0.118. The van der Waals surface area contributed by atoms with Gasteiger partial charge in [0.25, 0.3) is 0 Å². The number of carbonyl (C=O) groups excluding carboxylic acids is 1. The van der Waals surface area contributed by atoms with Crippen molar-refractivity contribution in [1.82, 2.24) is 4.98 Å². The Kier molecular flexibility index (Phi) is 3.03. The maximum atomic E-state index is 11.9. The lowest BCUT2D eigenvalue weighted by atomic mass is 10.1. The molecular weight excluding hydrogens is 250 g/mol. The Morgan fingerprint density at radius 1 is 1.15 bits per heavy atom. The predicted molar refractivity (Wildman–Crippen MR) is 80.9 cm³/mol. The summed E-state index contributed by atoms with van der Waals surface area (Å²) in [6.07, 6.45) is 0.585. The number of aromatic amines is 1. The predicted octanol–water partition coefficient (Wildman–Crippen LogP) is 4.19. The average Bonchev–Trinajstić information content (AvgIpc) is 2.86. The Bertz CT molecular complexity index is 814. The fourth-order valence-corrected chi connectivity index (χ4v) is 2.25. The molecule has 0 radical (unpaired) electrons. The first kappa shape index (κ1) is 12.5. The second kappa shape index (κ2) is 4.85. The molecular formula is C17H15NO2. The van der Waals surface area contributed by atoms with E-state index < -0.39 is 0 Å². The number of benzene rings is 2. The monoisotopic (exact) mass is 265 g/mol. The average molecular weight is 265 g/mol. The number of rotatable bonds is 3. The molecule has 0 saturated heterocycles. The maximum Gasteiger partial charge on any atom is 0.338 e. The summed E-state index contributed by atoms with van der Waals surface area (Å²) in [5.74, 6) is 0.164. The molecule has 0 atom stereocenters. The van der Waals surface area contributed by atoms with Gasteiger partial charge in [-0.05, 0) is 18.6 Å². The first-order valence-corrected chi connectivity index (χ1v) is 6.60. The minimum atomic E-state index is -0.376. The molecule has 0 amide bonds. The van der Waals surface area contributed by atoms with Crippen molar-refractivity contribution in [3.05, 3.63) is 54.6 Å². The van der Waals surface area contributed by atoms with Gasteiger partial charge in [0.1, 0.15) is 0 Å². The van der Waals surface area contributed by atoms with E-state index in [2.05, 4.69) is 11.6 Å². The normalized spacial score (nSPS) is 10.8. The molecule has 1 aromatic heterocycles. The number of hydrogen-bond donors (Lipinski definition) is 1. The number of nitrogens with one attached hydrogen (secondary N) is 1. The molecule has 0 spiro atoms. The van der Waals surface area contributed by atoms with E-state index in [0.717, 1.165) is 21.8 Å². The van der Waals surface area contributed by atoms with Crippen molar-refractivity contribution < 1.29 is 9.53 Å². The van der Waals surface area contributed by atoms with Crippen molar-refractivity contribution in [2.45, 2.75) is 13.3 Å². The second-order valence-corrected chi connectivity index (χ2v) is 4.70. The molecule has 2 aromatic carbocycles. The van der Waals surface area contributed by atoms with Crippen LogP contribution >= 0.6 is 0 Å². The van der Waals surface area contributed by atoms with Crippen molar-refractivity contribution in [3.63, 3.8) is 0 Å². The van der Waals surface area contributed by atoms with Crippen LogP contribution in [0.25, 0.3) is 21.8 Å². The van der Waals surface area contributed by atoms with Gasteiger partial charge in [-0.15, -0.1) is 0 Å². The van der Waals surface area contributed by atoms with Gasteiger partial charge in [-0.3, -0.25) is 0 Å². The standard InChI is InChI=1S/C17H15NO2/c1-3-11(2)17(19)20-15-10-6-8-13-12-7-4-5-9-14(12)18-16(13)15/h4-10,18H,2-3H2,1H3. The summed E-state index contributed by atoms with van der Waals surface area (Å²) >= 11 is 0. The van der Waals surface area contributed by atoms with Crippen molar-refractivity contribution in [2.75, 3.05) is 0 Å². The van der Waals surface area contributed by atoms with Crippen LogP contribution < -0.4 is 4.74 Å². The lowest BCUT2D eigenvalue weighted by Crippen LogP contribution is -2.09. The van der Waals surface area contributed by atoms with E-state index in [1.54, 1.807) is 6.07 Å². The highest BCUT2D eigenvalue weighted by molar-refractivity contribution is 6.09. The number of carbonyl (C=O) groups is 1. The summed E-state index contributed by atoms with van der Waals surface area (Å²) in [5.41, 5.74) is 2.34. The van der Waals surface area contributed by atoms with Crippen molar-refractivity contribution in [1.29, 1.82) is 0 Å². The zero-order chi connectivity index (χ0) is 14.1. The summed E-state index contributed by atoms with van der Waals surface area (Å²) in [4.78, 5) is 15.2. The summed E-state index contributed by atoms with van der Waals surface area (Å²) in [5, 5.41) is 2.17. The third kappa shape index (κ3) is 1.97. The molecule has 0 aliphatic heterocycles. The van der Waals surface area contributed by atoms with Crippen LogP contribution in [0.15, 0.2) is 54.6 Å². The van der Waals surface area contributed by atoms with Gasteiger partial charge in [0, 0.05) is 21.9 Å². The topological polar surface area (TPSA) is 42.1 Å². The highest BCUT2D eigenvalue weighted by atomic mass is 16.5. The largest absolute Gasteiger partial charge is 0.421 e. The molecule has 0 aliphatic carbocycles. The molecule has 0 unspecified atom stereocenters. The van der Waals surface area contributed by atoms with Gasteiger partial charge in [0.05, 0.1) is 5.52 Å². The van der Waals surface area contributed by atoms with Gasteiger partial charge >= 0.3 is 5.97 Å². The van der Waals surface area contributed by atoms with Gasteiger partial charge in [-0.1, -0.05) is 43.8 Å². The lowest BCUT2D eigenvalue weighted by molar-refractivity contribution is -0.130. The number of ether oxygens (including phenoxy) is 1. The van der Waals surface area contributed by atoms with Gasteiger partial charge in [0.2, 0.25) is 0 Å². The summed E-state index contributed by atoms with van der Waals surface area (Å²) in [6.45, 7) is 5.59. The van der Waals surface area contributed by atoms with Gasteiger partial charge in [-0.2, -0.15) is 0 Å². The van der Waals surface area contributed by atoms with Gasteiger partial charge in [-0.25, -0.2) is 4.79 Å². The smallest absolute Gasteiger partial charge is 0.338 e. The quantitative estimate of drug-likeness (QED) is 0.438. The van der Waals surface area contributed by atoms with Crippen LogP contribution in [0.5, 0.6) is 5.75 Å². The first-order valence-electron chi connectivity index (χ1n) is 6.60. The molecule has 0 bridgehead atoms. The zero-order valence-corrected chi connectivity index (χ0v) is 11.3. The fourth-order valence-electron chi connectivity index (χ4n) is 2.25. The first-order chi connectivity index (χ1) is 9.70. The van der Waals surface area contributed by atoms with Crippen molar-refractivity contribution in [3.8, 4) is 5.75 Å². The Balaban J connectivity index is 2.12. The highest BCUT2D eigenvalue weighted by Crippen LogP contribution is 2.31. The highest BCUT2D eigenvalue weighted by Gasteiger charge is 2.13. The van der Waals surface area contributed by atoms with Crippen LogP contribution in [0.4, 0.5) is 0 Å². The molecule has 0 saturated carbocycles.